The Morgan fingerprint density at radius 1 is 1.14 bits per heavy atom. The van der Waals surface area contributed by atoms with Crippen molar-refractivity contribution in [1.82, 2.24) is 10.3 Å². The van der Waals surface area contributed by atoms with Crippen molar-refractivity contribution >= 4 is 28.4 Å². The summed E-state index contributed by atoms with van der Waals surface area (Å²) in [5, 5.41) is 5.30. The van der Waals surface area contributed by atoms with Crippen LogP contribution in [0.5, 0.6) is 0 Å². The van der Waals surface area contributed by atoms with E-state index in [2.05, 4.69) is 15.6 Å². The van der Waals surface area contributed by atoms with Crippen LogP contribution >= 0.6 is 0 Å². The Bertz CT molecular complexity index is 722. The van der Waals surface area contributed by atoms with E-state index in [4.69, 9.17) is 0 Å². The minimum absolute atomic E-state index is 0.0535. The van der Waals surface area contributed by atoms with Crippen LogP contribution in [0.2, 0.25) is 0 Å². The van der Waals surface area contributed by atoms with Crippen LogP contribution in [-0.4, -0.2) is 22.8 Å². The Balaban J connectivity index is 1.76. The number of rotatable bonds is 2. The van der Waals surface area contributed by atoms with Gasteiger partial charge in [-0.1, -0.05) is 0 Å². The summed E-state index contributed by atoms with van der Waals surface area (Å²) in [6.07, 6.45) is 4.17. The van der Waals surface area contributed by atoms with E-state index in [0.29, 0.717) is 10.9 Å². The van der Waals surface area contributed by atoms with Crippen molar-refractivity contribution in [1.29, 1.82) is 0 Å². The van der Waals surface area contributed by atoms with Crippen LogP contribution in [-0.2, 0) is 9.59 Å². The summed E-state index contributed by atoms with van der Waals surface area (Å²) in [5.41, 5.74) is 0.571. The number of H-pyrrole nitrogens is 1. The fourth-order valence-corrected chi connectivity index (χ4v) is 2.20. The molecule has 21 heavy (non-hydrogen) atoms. The third-order valence-electron chi connectivity index (χ3n) is 3.62. The fourth-order valence-electron chi connectivity index (χ4n) is 2.20. The van der Waals surface area contributed by atoms with Crippen LogP contribution in [0.1, 0.15) is 19.3 Å². The molecular formula is C14H13F2N3O2. The van der Waals surface area contributed by atoms with E-state index in [1.165, 1.54) is 6.20 Å². The first-order valence-electron chi connectivity index (χ1n) is 6.62. The van der Waals surface area contributed by atoms with Crippen molar-refractivity contribution in [2.24, 2.45) is 0 Å². The maximum atomic E-state index is 13.2. The van der Waals surface area contributed by atoms with E-state index in [0.717, 1.165) is 31.4 Å². The number of hydrogen-bond acceptors (Lipinski definition) is 2. The first-order chi connectivity index (χ1) is 10.0. The molecule has 0 aliphatic heterocycles. The second-order valence-corrected chi connectivity index (χ2v) is 5.07. The Morgan fingerprint density at radius 3 is 2.52 bits per heavy atom. The van der Waals surface area contributed by atoms with Crippen LogP contribution in [0.3, 0.4) is 0 Å². The molecule has 0 saturated heterocycles. The molecule has 2 amide bonds. The summed E-state index contributed by atoms with van der Waals surface area (Å²) in [7, 11) is 0. The first kappa shape index (κ1) is 13.5. The summed E-state index contributed by atoms with van der Waals surface area (Å²) < 4.78 is 26.3. The van der Waals surface area contributed by atoms with Gasteiger partial charge in [-0.15, -0.1) is 0 Å². The maximum Gasteiger partial charge on any atom is 0.313 e. The molecule has 3 rings (SSSR count). The molecular weight excluding hydrogens is 280 g/mol. The average Bonchev–Trinajstić information content (AvgIpc) is 2.77. The molecule has 2 aromatic rings. The van der Waals surface area contributed by atoms with Crippen molar-refractivity contribution in [2.75, 3.05) is 5.32 Å². The van der Waals surface area contributed by atoms with E-state index in [9.17, 15) is 18.4 Å². The number of hydrogen-bond donors (Lipinski definition) is 3. The number of aromatic amines is 1. The number of nitrogens with one attached hydrogen (secondary N) is 3. The van der Waals surface area contributed by atoms with Gasteiger partial charge in [-0.25, -0.2) is 8.78 Å². The van der Waals surface area contributed by atoms with Gasteiger partial charge in [0.15, 0.2) is 11.6 Å². The lowest BCUT2D eigenvalue weighted by molar-refractivity contribution is -0.136. The molecule has 1 fully saturated rings. The van der Waals surface area contributed by atoms with Crippen LogP contribution in [0, 0.1) is 11.6 Å². The Hall–Kier alpha value is -2.44. The molecule has 0 bridgehead atoms. The molecule has 5 nitrogen and oxygen atoms in total. The summed E-state index contributed by atoms with van der Waals surface area (Å²) in [4.78, 5) is 26.1. The second kappa shape index (κ2) is 5.16. The van der Waals surface area contributed by atoms with Gasteiger partial charge in [0.05, 0.1) is 11.2 Å². The number of anilines is 1. The zero-order chi connectivity index (χ0) is 15.0. The molecule has 7 heteroatoms. The second-order valence-electron chi connectivity index (χ2n) is 5.07. The highest BCUT2D eigenvalue weighted by atomic mass is 19.2. The van der Waals surface area contributed by atoms with Gasteiger partial charge in [0.25, 0.3) is 0 Å². The fraction of sp³-hybridized carbons (Fsp3) is 0.286. The van der Waals surface area contributed by atoms with E-state index in [1.54, 1.807) is 0 Å². The van der Waals surface area contributed by atoms with E-state index >= 15 is 0 Å². The number of halogens is 2. The van der Waals surface area contributed by atoms with Gasteiger partial charge in [-0.3, -0.25) is 9.59 Å². The zero-order valence-electron chi connectivity index (χ0n) is 11.0. The summed E-state index contributed by atoms with van der Waals surface area (Å²) >= 11 is 0. The molecule has 0 unspecified atom stereocenters. The molecule has 110 valence electrons. The highest BCUT2D eigenvalue weighted by Gasteiger charge is 2.23. The molecule has 1 aromatic carbocycles. The molecule has 1 aliphatic carbocycles. The van der Waals surface area contributed by atoms with Gasteiger partial charge in [0.2, 0.25) is 0 Å². The summed E-state index contributed by atoms with van der Waals surface area (Å²) in [6, 6.07) is 2.02. The topological polar surface area (TPSA) is 74.0 Å². The Kier molecular flexibility index (Phi) is 3.32. The Labute approximate surface area is 118 Å². The SMILES string of the molecule is O=C(Nc1c[nH]c2cc(F)c(F)cc12)C(=O)NC1CCC1. The van der Waals surface area contributed by atoms with Crippen molar-refractivity contribution in [3.8, 4) is 0 Å². The van der Waals surface area contributed by atoms with Gasteiger partial charge in [-0.2, -0.15) is 0 Å². The third kappa shape index (κ3) is 2.58. The normalized spacial score (nSPS) is 14.8. The van der Waals surface area contributed by atoms with Crippen molar-refractivity contribution < 1.29 is 18.4 Å². The molecule has 0 atom stereocenters. The van der Waals surface area contributed by atoms with Gasteiger partial charge in [-0.05, 0) is 25.3 Å². The number of amides is 2. The number of fused-ring (bicyclic) bond motifs is 1. The number of aromatic nitrogens is 1. The third-order valence-corrected chi connectivity index (χ3v) is 3.62. The quantitative estimate of drug-likeness (QED) is 0.741. The predicted molar refractivity (Wildman–Crippen MR) is 72.6 cm³/mol. The van der Waals surface area contributed by atoms with Gasteiger partial charge < -0.3 is 15.6 Å². The number of carbonyl (C=O) groups is 2. The molecule has 3 N–H and O–H groups in total. The van der Waals surface area contributed by atoms with Crippen molar-refractivity contribution in [3.63, 3.8) is 0 Å². The van der Waals surface area contributed by atoms with E-state index < -0.39 is 23.4 Å². The van der Waals surface area contributed by atoms with Crippen molar-refractivity contribution in [2.45, 2.75) is 25.3 Å². The first-order valence-corrected chi connectivity index (χ1v) is 6.62. The molecule has 0 spiro atoms. The van der Waals surface area contributed by atoms with Crippen LogP contribution < -0.4 is 10.6 Å². The van der Waals surface area contributed by atoms with Gasteiger partial charge in [0.1, 0.15) is 0 Å². The summed E-state index contributed by atoms with van der Waals surface area (Å²) in [5.74, 6) is -3.55. The minimum Gasteiger partial charge on any atom is -0.359 e. The molecule has 1 heterocycles. The highest BCUT2D eigenvalue weighted by molar-refractivity contribution is 6.40. The Morgan fingerprint density at radius 2 is 1.86 bits per heavy atom. The standard InChI is InChI=1S/C14H13F2N3O2/c15-9-4-8-11(5-10(9)16)17-6-12(8)19-14(21)13(20)18-7-2-1-3-7/h4-7,17H,1-3H2,(H,18,20)(H,19,21). The lowest BCUT2D eigenvalue weighted by atomic mass is 9.93. The maximum absolute atomic E-state index is 13.2. The van der Waals surface area contributed by atoms with Crippen LogP contribution in [0.4, 0.5) is 14.5 Å². The number of benzene rings is 1. The molecule has 0 radical (unpaired) electrons. The van der Waals surface area contributed by atoms with Crippen LogP contribution in [0.15, 0.2) is 18.3 Å². The van der Waals surface area contributed by atoms with E-state index in [-0.39, 0.29) is 11.7 Å². The monoisotopic (exact) mass is 293 g/mol. The molecule has 1 aromatic heterocycles. The number of carbonyl (C=O) groups excluding carboxylic acids is 2. The predicted octanol–water partition coefficient (Wildman–Crippen LogP) is 2.05. The van der Waals surface area contributed by atoms with Gasteiger partial charge >= 0.3 is 11.8 Å². The molecule has 1 saturated carbocycles. The summed E-state index contributed by atoms with van der Waals surface area (Å²) in [6.45, 7) is 0. The zero-order valence-corrected chi connectivity index (χ0v) is 11.0. The lowest BCUT2D eigenvalue weighted by Crippen LogP contribution is -2.44. The van der Waals surface area contributed by atoms with E-state index in [1.807, 2.05) is 0 Å². The van der Waals surface area contributed by atoms with Crippen molar-refractivity contribution in [3.05, 3.63) is 30.0 Å². The lowest BCUT2D eigenvalue weighted by Gasteiger charge is -2.25. The smallest absolute Gasteiger partial charge is 0.313 e. The highest BCUT2D eigenvalue weighted by Crippen LogP contribution is 2.25. The van der Waals surface area contributed by atoms with Gasteiger partial charge in [0, 0.05) is 23.7 Å². The minimum atomic E-state index is -1.02. The average molecular weight is 293 g/mol. The van der Waals surface area contributed by atoms with Crippen LogP contribution in [0.25, 0.3) is 10.9 Å². The molecule has 1 aliphatic rings. The largest absolute Gasteiger partial charge is 0.359 e.